The first-order chi connectivity index (χ1) is 11.7. The van der Waals surface area contributed by atoms with Gasteiger partial charge in [0.2, 0.25) is 0 Å². The molecule has 0 fully saturated rings. The van der Waals surface area contributed by atoms with Gasteiger partial charge in [-0.25, -0.2) is 0 Å². The van der Waals surface area contributed by atoms with Gasteiger partial charge < -0.3 is 4.90 Å². The van der Waals surface area contributed by atoms with Gasteiger partial charge in [-0.15, -0.1) is 0 Å². The van der Waals surface area contributed by atoms with Gasteiger partial charge in [0.25, 0.3) is 0 Å². The molecule has 0 bridgehead atoms. The Balaban J connectivity index is 2.19. The highest BCUT2D eigenvalue weighted by molar-refractivity contribution is 6.27. The third-order valence-electron chi connectivity index (χ3n) is 3.91. The lowest BCUT2D eigenvalue weighted by Crippen LogP contribution is -2.11. The highest BCUT2D eigenvalue weighted by Crippen LogP contribution is 2.39. The topological polar surface area (TPSA) is 67.9 Å². The number of Topliss-reactive ketones (excluding diaryl/α,β-unsaturated/α-hetero) is 1. The van der Waals surface area contributed by atoms with Crippen LogP contribution in [-0.4, -0.2) is 12.8 Å². The molecular weight excluding hydrogens is 298 g/mol. The third kappa shape index (κ3) is 2.47. The molecule has 0 aliphatic heterocycles. The molecule has 2 aromatic carbocycles. The van der Waals surface area contributed by atoms with Gasteiger partial charge in [-0.05, 0) is 17.7 Å². The van der Waals surface area contributed by atoms with Crippen LogP contribution in [0.2, 0.25) is 0 Å². The number of hydrogen-bond acceptors (Lipinski definition) is 4. The van der Waals surface area contributed by atoms with Crippen molar-refractivity contribution < 1.29 is 4.79 Å². The van der Waals surface area contributed by atoms with Crippen molar-refractivity contribution in [2.45, 2.75) is 0 Å². The van der Waals surface area contributed by atoms with E-state index in [9.17, 15) is 15.3 Å². The Kier molecular flexibility index (Phi) is 3.97. The molecule has 114 valence electrons. The summed E-state index contributed by atoms with van der Waals surface area (Å²) in [5, 5.41) is 18.6. The Labute approximate surface area is 140 Å². The van der Waals surface area contributed by atoms with Crippen LogP contribution in [0.4, 0.5) is 5.69 Å². The summed E-state index contributed by atoms with van der Waals surface area (Å²) >= 11 is 0. The molecule has 0 amide bonds. The Bertz CT molecular complexity index is 940. The molecule has 0 aromatic heterocycles. The zero-order valence-corrected chi connectivity index (χ0v) is 13.0. The monoisotopic (exact) mass is 311 g/mol. The fraction of sp³-hybridized carbons (Fsp3) is 0.0500. The van der Waals surface area contributed by atoms with Gasteiger partial charge in [0.15, 0.2) is 5.78 Å². The molecule has 3 rings (SSSR count). The second kappa shape index (κ2) is 6.24. The lowest BCUT2D eigenvalue weighted by atomic mass is 10.0. The number of anilines is 1. The van der Waals surface area contributed by atoms with Crippen molar-refractivity contribution in [1.29, 1.82) is 10.5 Å². The summed E-state index contributed by atoms with van der Waals surface area (Å²) < 4.78 is 0. The molecule has 1 aliphatic rings. The minimum Gasteiger partial charge on any atom is -0.350 e. The molecule has 0 N–H and O–H groups in total. The Morgan fingerprint density at radius 1 is 0.958 bits per heavy atom. The molecule has 4 nitrogen and oxygen atoms in total. The summed E-state index contributed by atoms with van der Waals surface area (Å²) in [6.07, 6.45) is 1.68. The van der Waals surface area contributed by atoms with Crippen LogP contribution in [0.15, 0.2) is 71.9 Å². The largest absolute Gasteiger partial charge is 0.350 e. The maximum atomic E-state index is 12.8. The van der Waals surface area contributed by atoms with E-state index in [1.54, 1.807) is 30.5 Å². The number of nitriles is 2. The molecule has 4 heteroatoms. The smallest absolute Gasteiger partial charge is 0.195 e. The van der Waals surface area contributed by atoms with Gasteiger partial charge in [-0.2, -0.15) is 10.5 Å². The highest BCUT2D eigenvalue weighted by Gasteiger charge is 2.32. The molecule has 0 spiro atoms. The van der Waals surface area contributed by atoms with Gasteiger partial charge in [0.1, 0.15) is 17.7 Å². The molecule has 0 saturated heterocycles. The lowest BCUT2D eigenvalue weighted by molar-refractivity contribution is 0.104. The second-order valence-electron chi connectivity index (χ2n) is 5.34. The van der Waals surface area contributed by atoms with Crippen molar-refractivity contribution >= 4 is 17.0 Å². The number of rotatable bonds is 2. The van der Waals surface area contributed by atoms with E-state index in [1.165, 1.54) is 0 Å². The SMILES string of the molecule is CN(/C=C1\C(=O)c2ccccc2C1=C(C#N)C#N)c1ccccc1. The summed E-state index contributed by atoms with van der Waals surface area (Å²) in [4.78, 5) is 14.6. The van der Waals surface area contributed by atoms with Crippen LogP contribution in [0.25, 0.3) is 5.57 Å². The number of fused-ring (bicyclic) bond motifs is 1. The van der Waals surface area contributed by atoms with E-state index >= 15 is 0 Å². The first-order valence-corrected chi connectivity index (χ1v) is 7.36. The maximum absolute atomic E-state index is 12.8. The van der Waals surface area contributed by atoms with Crippen molar-refractivity contribution in [1.82, 2.24) is 0 Å². The van der Waals surface area contributed by atoms with Crippen molar-refractivity contribution in [3.63, 3.8) is 0 Å². The van der Waals surface area contributed by atoms with Crippen molar-refractivity contribution in [3.05, 3.63) is 83.1 Å². The lowest BCUT2D eigenvalue weighted by Gasteiger charge is -2.15. The van der Waals surface area contributed by atoms with E-state index in [0.717, 1.165) is 5.69 Å². The molecule has 0 heterocycles. The van der Waals surface area contributed by atoms with Crippen LogP contribution < -0.4 is 4.90 Å². The minimum atomic E-state index is -0.175. The molecule has 1 aliphatic carbocycles. The predicted molar refractivity (Wildman–Crippen MR) is 91.8 cm³/mol. The zero-order valence-electron chi connectivity index (χ0n) is 13.0. The van der Waals surface area contributed by atoms with Crippen LogP contribution in [0.5, 0.6) is 0 Å². The van der Waals surface area contributed by atoms with E-state index in [1.807, 2.05) is 54.4 Å². The summed E-state index contributed by atoms with van der Waals surface area (Å²) in [5.41, 5.74) is 2.77. The second-order valence-corrected chi connectivity index (χ2v) is 5.34. The molecule has 2 aromatic rings. The number of hydrogen-bond donors (Lipinski definition) is 0. The van der Waals surface area contributed by atoms with Crippen LogP contribution >= 0.6 is 0 Å². The normalized spacial score (nSPS) is 14.0. The van der Waals surface area contributed by atoms with Crippen molar-refractivity contribution in [2.75, 3.05) is 11.9 Å². The number of allylic oxidation sites excluding steroid dienone is 3. The van der Waals surface area contributed by atoms with Crippen LogP contribution in [-0.2, 0) is 0 Å². The van der Waals surface area contributed by atoms with Gasteiger partial charge in [0, 0.05) is 35.6 Å². The number of ketones is 1. The third-order valence-corrected chi connectivity index (χ3v) is 3.91. The highest BCUT2D eigenvalue weighted by atomic mass is 16.1. The average molecular weight is 311 g/mol. The molecule has 0 radical (unpaired) electrons. The van der Waals surface area contributed by atoms with Gasteiger partial charge in [-0.3, -0.25) is 4.79 Å². The van der Waals surface area contributed by atoms with E-state index in [4.69, 9.17) is 0 Å². The van der Waals surface area contributed by atoms with Gasteiger partial charge in [0.05, 0.1) is 0 Å². The maximum Gasteiger partial charge on any atom is 0.195 e. The van der Waals surface area contributed by atoms with Crippen LogP contribution in [0.1, 0.15) is 15.9 Å². The van der Waals surface area contributed by atoms with Crippen LogP contribution in [0.3, 0.4) is 0 Å². The van der Waals surface area contributed by atoms with Crippen molar-refractivity contribution in [2.24, 2.45) is 0 Å². The summed E-state index contributed by atoms with van der Waals surface area (Å²) in [6, 6.07) is 20.4. The van der Waals surface area contributed by atoms with E-state index in [-0.39, 0.29) is 11.4 Å². The fourth-order valence-corrected chi connectivity index (χ4v) is 2.76. The zero-order chi connectivity index (χ0) is 17.1. The number of carbonyl (C=O) groups excluding carboxylic acids is 1. The summed E-state index contributed by atoms with van der Waals surface area (Å²) in [5.74, 6) is -0.175. The number of carbonyl (C=O) groups is 1. The average Bonchev–Trinajstić information content (AvgIpc) is 2.90. The molecule has 0 unspecified atom stereocenters. The first kappa shape index (κ1) is 15.3. The van der Waals surface area contributed by atoms with E-state index < -0.39 is 0 Å². The molecular formula is C20H13N3O. The van der Waals surface area contributed by atoms with Gasteiger partial charge in [-0.1, -0.05) is 42.5 Å². The number of para-hydroxylation sites is 1. The Morgan fingerprint density at radius 3 is 2.17 bits per heavy atom. The van der Waals surface area contributed by atoms with Gasteiger partial charge >= 0.3 is 0 Å². The van der Waals surface area contributed by atoms with Crippen molar-refractivity contribution in [3.8, 4) is 12.1 Å². The first-order valence-electron chi connectivity index (χ1n) is 7.36. The molecule has 24 heavy (non-hydrogen) atoms. The minimum absolute atomic E-state index is 0.0546. The Hall–Kier alpha value is -3.63. The molecule has 0 saturated carbocycles. The Morgan fingerprint density at radius 2 is 1.54 bits per heavy atom. The van der Waals surface area contributed by atoms with E-state index in [0.29, 0.717) is 22.3 Å². The molecule has 0 atom stereocenters. The van der Waals surface area contributed by atoms with Crippen LogP contribution in [0, 0.1) is 22.7 Å². The number of benzene rings is 2. The predicted octanol–water partition coefficient (Wildman–Crippen LogP) is 3.70. The fourth-order valence-electron chi connectivity index (χ4n) is 2.76. The van der Waals surface area contributed by atoms with E-state index in [2.05, 4.69) is 0 Å². The summed E-state index contributed by atoms with van der Waals surface area (Å²) in [7, 11) is 1.83. The standard InChI is InChI=1S/C20H13N3O/c1-23(15-7-3-2-4-8-15)13-18-19(14(11-21)12-22)16-9-5-6-10-17(16)20(18)24/h2-10,13H,1H3/b18-13-. The number of nitrogens with zero attached hydrogens (tertiary/aromatic N) is 3. The summed E-state index contributed by atoms with van der Waals surface area (Å²) in [6.45, 7) is 0. The quantitative estimate of drug-likeness (QED) is 0.626.